The molecular formula is C17H11ClF3NO2. The van der Waals surface area contributed by atoms with Crippen molar-refractivity contribution in [2.24, 2.45) is 0 Å². The second kappa shape index (κ2) is 6.57. The van der Waals surface area contributed by atoms with Crippen LogP contribution in [0.4, 0.5) is 13.2 Å². The van der Waals surface area contributed by atoms with Crippen molar-refractivity contribution in [2.45, 2.75) is 6.18 Å². The van der Waals surface area contributed by atoms with E-state index in [0.29, 0.717) is 16.1 Å². The van der Waals surface area contributed by atoms with Gasteiger partial charge in [0, 0.05) is 16.1 Å². The maximum Gasteiger partial charge on any atom is 0.422 e. The minimum atomic E-state index is -4.47. The van der Waals surface area contributed by atoms with E-state index in [2.05, 4.69) is 4.98 Å². The van der Waals surface area contributed by atoms with Gasteiger partial charge in [0.15, 0.2) is 12.4 Å². The van der Waals surface area contributed by atoms with Gasteiger partial charge in [-0.2, -0.15) is 18.2 Å². The molecule has 3 rings (SSSR count). The van der Waals surface area contributed by atoms with Crippen molar-refractivity contribution >= 4 is 11.6 Å². The highest BCUT2D eigenvalue weighted by molar-refractivity contribution is 6.30. The van der Waals surface area contributed by atoms with Gasteiger partial charge < -0.3 is 9.15 Å². The highest BCUT2D eigenvalue weighted by atomic mass is 35.5. The molecule has 0 fully saturated rings. The molecule has 0 saturated heterocycles. The van der Waals surface area contributed by atoms with Crippen LogP contribution in [0.25, 0.3) is 22.8 Å². The van der Waals surface area contributed by atoms with Crippen molar-refractivity contribution in [3.63, 3.8) is 0 Å². The van der Waals surface area contributed by atoms with E-state index < -0.39 is 12.8 Å². The summed E-state index contributed by atoms with van der Waals surface area (Å²) in [6.45, 7) is -1.45. The lowest BCUT2D eigenvalue weighted by Crippen LogP contribution is -2.19. The molecule has 3 nitrogen and oxygen atoms in total. The standard InChI is InChI=1S/C17H11ClF3NO2/c18-13-8-6-11(7-9-13)14-16(23-10-17(19,20)21)22-15(24-14)12-4-2-1-3-5-12/h1-9H,10H2. The summed E-state index contributed by atoms with van der Waals surface area (Å²) in [4.78, 5) is 4.06. The van der Waals surface area contributed by atoms with E-state index in [4.69, 9.17) is 20.8 Å². The highest BCUT2D eigenvalue weighted by Crippen LogP contribution is 2.35. The summed E-state index contributed by atoms with van der Waals surface area (Å²) in [5.41, 5.74) is 1.15. The minimum absolute atomic E-state index is 0.120. The Labute approximate surface area is 140 Å². The fourth-order valence-corrected chi connectivity index (χ4v) is 2.17. The molecule has 124 valence electrons. The Bertz CT molecular complexity index is 814. The summed E-state index contributed by atoms with van der Waals surface area (Å²) in [6, 6.07) is 15.3. The van der Waals surface area contributed by atoms with Gasteiger partial charge in [0.1, 0.15) is 0 Å². The molecule has 0 aliphatic carbocycles. The first kappa shape index (κ1) is 16.4. The number of aromatic nitrogens is 1. The van der Waals surface area contributed by atoms with Gasteiger partial charge in [-0.1, -0.05) is 29.8 Å². The summed E-state index contributed by atoms with van der Waals surface area (Å²) in [5, 5.41) is 0.499. The first-order valence-corrected chi connectivity index (χ1v) is 7.32. The van der Waals surface area contributed by atoms with Gasteiger partial charge in [0.05, 0.1) is 0 Å². The van der Waals surface area contributed by atoms with Gasteiger partial charge in [0.2, 0.25) is 5.89 Å². The van der Waals surface area contributed by atoms with E-state index in [-0.39, 0.29) is 17.5 Å². The van der Waals surface area contributed by atoms with Crippen molar-refractivity contribution in [2.75, 3.05) is 6.61 Å². The number of ether oxygens (including phenoxy) is 1. The first-order valence-electron chi connectivity index (χ1n) is 6.94. The Hall–Kier alpha value is -2.47. The number of hydrogen-bond donors (Lipinski definition) is 0. The maximum atomic E-state index is 12.5. The molecule has 0 aliphatic heterocycles. The lowest BCUT2D eigenvalue weighted by molar-refractivity contribution is -0.153. The second-order valence-electron chi connectivity index (χ2n) is 4.93. The zero-order valence-corrected chi connectivity index (χ0v) is 12.9. The lowest BCUT2D eigenvalue weighted by Gasteiger charge is -2.07. The largest absolute Gasteiger partial charge is 0.465 e. The van der Waals surface area contributed by atoms with Crippen LogP contribution in [0.5, 0.6) is 5.88 Å². The predicted octanol–water partition coefficient (Wildman–Crippen LogP) is 5.60. The number of alkyl halides is 3. The number of oxazole rings is 1. The maximum absolute atomic E-state index is 12.5. The quantitative estimate of drug-likeness (QED) is 0.612. The van der Waals surface area contributed by atoms with Crippen LogP contribution in [-0.2, 0) is 0 Å². The third-order valence-electron chi connectivity index (χ3n) is 3.10. The molecule has 1 aromatic heterocycles. The Balaban J connectivity index is 2.01. The third-order valence-corrected chi connectivity index (χ3v) is 3.35. The molecule has 0 unspecified atom stereocenters. The van der Waals surface area contributed by atoms with Crippen molar-refractivity contribution in [1.82, 2.24) is 4.98 Å². The molecule has 1 heterocycles. The number of nitrogens with zero attached hydrogens (tertiary/aromatic N) is 1. The average Bonchev–Trinajstić information content (AvgIpc) is 2.98. The summed E-state index contributed by atoms with van der Waals surface area (Å²) >= 11 is 5.83. The Morgan fingerprint density at radius 3 is 2.25 bits per heavy atom. The summed E-state index contributed by atoms with van der Waals surface area (Å²) < 4.78 is 47.8. The third kappa shape index (κ3) is 3.89. The number of rotatable bonds is 4. The topological polar surface area (TPSA) is 35.3 Å². The summed E-state index contributed by atoms with van der Waals surface area (Å²) in [6.07, 6.45) is -4.47. The molecule has 2 aromatic carbocycles. The zero-order chi connectivity index (χ0) is 17.2. The molecule has 0 amide bonds. The molecule has 0 aliphatic rings. The van der Waals surface area contributed by atoms with Gasteiger partial charge in [-0.15, -0.1) is 0 Å². The Morgan fingerprint density at radius 2 is 1.62 bits per heavy atom. The van der Waals surface area contributed by atoms with Gasteiger partial charge in [-0.3, -0.25) is 0 Å². The van der Waals surface area contributed by atoms with Crippen LogP contribution in [0.2, 0.25) is 5.02 Å². The minimum Gasteiger partial charge on any atom is -0.465 e. The molecule has 24 heavy (non-hydrogen) atoms. The molecule has 0 bridgehead atoms. The summed E-state index contributed by atoms with van der Waals surface area (Å²) in [7, 11) is 0. The fourth-order valence-electron chi connectivity index (χ4n) is 2.04. The zero-order valence-electron chi connectivity index (χ0n) is 12.2. The molecule has 0 spiro atoms. The SMILES string of the molecule is FC(F)(F)COc1nc(-c2ccccc2)oc1-c1ccc(Cl)cc1. The van der Waals surface area contributed by atoms with Crippen molar-refractivity contribution in [3.8, 4) is 28.7 Å². The summed E-state index contributed by atoms with van der Waals surface area (Å²) in [5.74, 6) is 0.0843. The van der Waals surface area contributed by atoms with Crippen LogP contribution in [-0.4, -0.2) is 17.8 Å². The molecule has 0 radical (unpaired) electrons. The van der Waals surface area contributed by atoms with Crippen LogP contribution >= 0.6 is 11.6 Å². The average molecular weight is 354 g/mol. The van der Waals surface area contributed by atoms with Crippen LogP contribution in [0, 0.1) is 0 Å². The van der Waals surface area contributed by atoms with Crippen LogP contribution in [0.3, 0.4) is 0 Å². The van der Waals surface area contributed by atoms with Crippen molar-refractivity contribution < 1.29 is 22.3 Å². The molecule has 0 N–H and O–H groups in total. The predicted molar refractivity (Wildman–Crippen MR) is 83.9 cm³/mol. The molecule has 0 saturated carbocycles. The van der Waals surface area contributed by atoms with E-state index in [0.717, 1.165) is 0 Å². The second-order valence-corrected chi connectivity index (χ2v) is 5.37. The number of hydrogen-bond acceptors (Lipinski definition) is 3. The van der Waals surface area contributed by atoms with Crippen molar-refractivity contribution in [3.05, 3.63) is 59.6 Å². The smallest absolute Gasteiger partial charge is 0.422 e. The normalized spacial score (nSPS) is 11.5. The van der Waals surface area contributed by atoms with Gasteiger partial charge >= 0.3 is 6.18 Å². The van der Waals surface area contributed by atoms with Gasteiger partial charge in [-0.25, -0.2) is 0 Å². The van der Waals surface area contributed by atoms with Gasteiger partial charge in [-0.05, 0) is 36.4 Å². The molecule has 7 heteroatoms. The number of halogens is 4. The monoisotopic (exact) mass is 353 g/mol. The van der Waals surface area contributed by atoms with E-state index >= 15 is 0 Å². The molecule has 0 atom stereocenters. The highest BCUT2D eigenvalue weighted by Gasteiger charge is 2.30. The lowest BCUT2D eigenvalue weighted by atomic mass is 10.2. The van der Waals surface area contributed by atoms with E-state index in [1.54, 1.807) is 48.5 Å². The van der Waals surface area contributed by atoms with Gasteiger partial charge in [0.25, 0.3) is 5.88 Å². The van der Waals surface area contributed by atoms with Crippen LogP contribution < -0.4 is 4.74 Å². The first-order chi connectivity index (χ1) is 11.4. The van der Waals surface area contributed by atoms with Crippen molar-refractivity contribution in [1.29, 1.82) is 0 Å². The van der Waals surface area contributed by atoms with E-state index in [9.17, 15) is 13.2 Å². The van der Waals surface area contributed by atoms with E-state index in [1.807, 2.05) is 6.07 Å². The Morgan fingerprint density at radius 1 is 0.958 bits per heavy atom. The number of benzene rings is 2. The van der Waals surface area contributed by atoms with E-state index in [1.165, 1.54) is 0 Å². The van der Waals surface area contributed by atoms with Crippen LogP contribution in [0.1, 0.15) is 0 Å². The Kier molecular flexibility index (Phi) is 4.49. The van der Waals surface area contributed by atoms with Crippen LogP contribution in [0.15, 0.2) is 59.0 Å². The molecule has 3 aromatic rings. The molecular weight excluding hydrogens is 343 g/mol. The fraction of sp³-hybridized carbons (Fsp3) is 0.118.